The maximum absolute atomic E-state index is 12.6. The molecule has 1 aromatic carbocycles. The number of aliphatic hydroxyl groups excluding tert-OH is 1. The zero-order valence-corrected chi connectivity index (χ0v) is 18.1. The summed E-state index contributed by atoms with van der Waals surface area (Å²) in [5.74, 6) is 0.186. The normalized spacial score (nSPS) is 19.5. The van der Waals surface area contributed by atoms with Crippen LogP contribution in [0.3, 0.4) is 0 Å². The van der Waals surface area contributed by atoms with Crippen LogP contribution in [-0.4, -0.2) is 91.5 Å². The fourth-order valence-corrected chi connectivity index (χ4v) is 3.58. The molecular weight excluding hydrogens is 418 g/mol. The highest BCUT2D eigenvalue weighted by Crippen LogP contribution is 2.28. The molecule has 10 nitrogen and oxygen atoms in total. The molecule has 10 heteroatoms. The number of morpholine rings is 1. The van der Waals surface area contributed by atoms with Crippen LogP contribution >= 0.6 is 0 Å². The minimum Gasteiger partial charge on any atom is -0.493 e. The summed E-state index contributed by atoms with van der Waals surface area (Å²) in [5.41, 5.74) is 1.00. The fraction of sp³-hybridized carbons (Fsp3) is 0.500. The van der Waals surface area contributed by atoms with Crippen LogP contribution in [0, 0.1) is 0 Å². The number of nitrogens with one attached hydrogen (secondary N) is 1. The number of allylic oxidation sites excluding steroid dienone is 1. The summed E-state index contributed by atoms with van der Waals surface area (Å²) in [6, 6.07) is 3.82. The molecule has 32 heavy (non-hydrogen) atoms. The lowest BCUT2D eigenvalue weighted by atomic mass is 10.1. The number of hydrogen-bond acceptors (Lipinski definition) is 7. The van der Waals surface area contributed by atoms with Crippen LogP contribution < -0.4 is 14.8 Å². The molecule has 3 rings (SSSR count). The van der Waals surface area contributed by atoms with E-state index in [2.05, 4.69) is 11.9 Å². The summed E-state index contributed by atoms with van der Waals surface area (Å²) >= 11 is 0. The zero-order chi connectivity index (χ0) is 23.1. The van der Waals surface area contributed by atoms with Crippen LogP contribution in [0.5, 0.6) is 11.5 Å². The van der Waals surface area contributed by atoms with E-state index in [9.17, 15) is 19.5 Å². The molecule has 2 atom stereocenters. The van der Waals surface area contributed by atoms with Crippen molar-refractivity contribution in [2.45, 2.75) is 25.0 Å². The van der Waals surface area contributed by atoms with Crippen LogP contribution in [0.25, 0.3) is 0 Å². The number of hydrogen-bond donors (Lipinski definition) is 2. The van der Waals surface area contributed by atoms with Crippen molar-refractivity contribution in [3.05, 3.63) is 36.4 Å². The molecule has 0 unspecified atom stereocenters. The van der Waals surface area contributed by atoms with Crippen LogP contribution in [0.15, 0.2) is 30.9 Å². The lowest BCUT2D eigenvalue weighted by molar-refractivity contribution is -0.138. The predicted molar refractivity (Wildman–Crippen MR) is 114 cm³/mol. The average Bonchev–Trinajstić information content (AvgIpc) is 3.06. The summed E-state index contributed by atoms with van der Waals surface area (Å²) in [7, 11) is 1.52. The number of imide groups is 1. The third-order valence-electron chi connectivity index (χ3n) is 5.28. The number of rotatable bonds is 10. The first-order valence-electron chi connectivity index (χ1n) is 10.5. The minimum absolute atomic E-state index is 0.123. The highest BCUT2D eigenvalue weighted by atomic mass is 16.5. The quantitative estimate of drug-likeness (QED) is 0.392. The number of carbonyl (C=O) groups excluding carboxylic acids is 3. The number of β-amino-alcohol motifs (C(OH)–C–C–N with tert-alkyl or cyclic N) is 1. The second-order valence-corrected chi connectivity index (χ2v) is 7.59. The summed E-state index contributed by atoms with van der Waals surface area (Å²) in [4.78, 5) is 39.7. The molecule has 0 spiro atoms. The van der Waals surface area contributed by atoms with Gasteiger partial charge in [-0.2, -0.15) is 0 Å². The van der Waals surface area contributed by atoms with Crippen molar-refractivity contribution in [3.8, 4) is 11.5 Å². The van der Waals surface area contributed by atoms with E-state index in [0.29, 0.717) is 44.2 Å². The van der Waals surface area contributed by atoms with Gasteiger partial charge in [0.15, 0.2) is 11.5 Å². The van der Waals surface area contributed by atoms with Crippen LogP contribution in [-0.2, 0) is 20.7 Å². The van der Waals surface area contributed by atoms with E-state index < -0.39 is 24.1 Å². The van der Waals surface area contributed by atoms with Gasteiger partial charge in [0, 0.05) is 13.1 Å². The summed E-state index contributed by atoms with van der Waals surface area (Å²) in [5, 5.41) is 12.9. The molecule has 2 N–H and O–H groups in total. The average molecular weight is 447 g/mol. The fourth-order valence-electron chi connectivity index (χ4n) is 3.58. The lowest BCUT2D eigenvalue weighted by Gasteiger charge is -2.27. The topological polar surface area (TPSA) is 118 Å². The number of benzene rings is 1. The van der Waals surface area contributed by atoms with Crippen molar-refractivity contribution in [2.75, 3.05) is 46.6 Å². The van der Waals surface area contributed by atoms with Gasteiger partial charge in [-0.05, 0) is 24.1 Å². The van der Waals surface area contributed by atoms with E-state index in [-0.39, 0.29) is 25.5 Å². The number of aliphatic hydroxyl groups is 1. The number of nitrogens with zero attached hydrogens (tertiary/aromatic N) is 2. The van der Waals surface area contributed by atoms with Gasteiger partial charge in [-0.15, -0.1) is 6.58 Å². The monoisotopic (exact) mass is 447 g/mol. The van der Waals surface area contributed by atoms with Gasteiger partial charge in [0.05, 0.1) is 33.3 Å². The van der Waals surface area contributed by atoms with Gasteiger partial charge in [-0.1, -0.05) is 12.1 Å². The Morgan fingerprint density at radius 2 is 2.09 bits per heavy atom. The minimum atomic E-state index is -1.11. The van der Waals surface area contributed by atoms with E-state index >= 15 is 0 Å². The molecular formula is C22H29N3O7. The van der Waals surface area contributed by atoms with Crippen molar-refractivity contribution in [1.29, 1.82) is 0 Å². The van der Waals surface area contributed by atoms with E-state index in [1.807, 2.05) is 12.1 Å². The molecule has 0 radical (unpaired) electrons. The molecule has 0 bridgehead atoms. The molecule has 2 aliphatic rings. The molecule has 2 fully saturated rings. The first-order chi connectivity index (χ1) is 15.4. The first-order valence-corrected chi connectivity index (χ1v) is 10.5. The van der Waals surface area contributed by atoms with Gasteiger partial charge in [-0.3, -0.25) is 14.5 Å². The Labute approximate surface area is 186 Å². The Bertz CT molecular complexity index is 854. The van der Waals surface area contributed by atoms with Crippen molar-refractivity contribution in [2.24, 2.45) is 0 Å². The third kappa shape index (κ3) is 5.77. The van der Waals surface area contributed by atoms with E-state index in [1.165, 1.54) is 7.11 Å². The standard InChI is InChI=1S/C22H29N3O7/c1-3-4-15-5-6-18(19(11-15)30-2)32-14-16(26)13-25-21(28)17(23-22(25)29)12-20(27)24-7-9-31-10-8-24/h3,5-6,11,16-17,26H,1,4,7-10,12-14H2,2H3,(H,23,29)/t16-,17+/m0/s1. The van der Waals surface area contributed by atoms with Crippen LogP contribution in [0.1, 0.15) is 12.0 Å². The molecule has 2 heterocycles. The Kier molecular flexibility index (Phi) is 8.07. The second kappa shape index (κ2) is 11.0. The second-order valence-electron chi connectivity index (χ2n) is 7.59. The van der Waals surface area contributed by atoms with Crippen molar-refractivity contribution >= 4 is 17.8 Å². The summed E-state index contributed by atoms with van der Waals surface area (Å²) < 4.78 is 16.2. The smallest absolute Gasteiger partial charge is 0.324 e. The number of methoxy groups -OCH3 is 1. The highest BCUT2D eigenvalue weighted by Gasteiger charge is 2.40. The number of ether oxygens (including phenoxy) is 3. The predicted octanol–water partition coefficient (Wildman–Crippen LogP) is 0.333. The maximum atomic E-state index is 12.6. The Hall–Kier alpha value is -3.11. The molecule has 1 aromatic rings. The molecule has 0 aromatic heterocycles. The zero-order valence-electron chi connectivity index (χ0n) is 18.1. The van der Waals surface area contributed by atoms with E-state index in [0.717, 1.165) is 10.5 Å². The summed E-state index contributed by atoms with van der Waals surface area (Å²) in [6.45, 7) is 5.15. The van der Waals surface area contributed by atoms with Crippen molar-refractivity contribution in [1.82, 2.24) is 15.1 Å². The number of carbonyl (C=O) groups is 3. The SMILES string of the molecule is C=CCc1ccc(OC[C@@H](O)CN2C(=O)N[C@H](CC(=O)N3CCOCC3)C2=O)c(OC)c1. The number of urea groups is 1. The number of amides is 4. The molecule has 0 aliphatic carbocycles. The van der Waals surface area contributed by atoms with E-state index in [1.54, 1.807) is 17.0 Å². The molecule has 0 saturated carbocycles. The van der Waals surface area contributed by atoms with Crippen LogP contribution in [0.2, 0.25) is 0 Å². The first kappa shape index (κ1) is 23.6. The molecule has 2 saturated heterocycles. The van der Waals surface area contributed by atoms with Gasteiger partial charge in [-0.25, -0.2) is 4.79 Å². The maximum Gasteiger partial charge on any atom is 0.324 e. The van der Waals surface area contributed by atoms with Gasteiger partial charge >= 0.3 is 6.03 Å². The van der Waals surface area contributed by atoms with Gasteiger partial charge in [0.2, 0.25) is 5.91 Å². The molecule has 174 valence electrons. The Morgan fingerprint density at radius 1 is 1.34 bits per heavy atom. The Balaban J connectivity index is 1.52. The third-order valence-corrected chi connectivity index (χ3v) is 5.28. The summed E-state index contributed by atoms with van der Waals surface area (Å²) in [6.07, 6.45) is 1.22. The molecule has 4 amide bonds. The van der Waals surface area contributed by atoms with Gasteiger partial charge < -0.3 is 29.5 Å². The van der Waals surface area contributed by atoms with Crippen molar-refractivity contribution in [3.63, 3.8) is 0 Å². The van der Waals surface area contributed by atoms with Crippen LogP contribution in [0.4, 0.5) is 4.79 Å². The van der Waals surface area contributed by atoms with Crippen molar-refractivity contribution < 1.29 is 33.7 Å². The van der Waals surface area contributed by atoms with Gasteiger partial charge in [0.1, 0.15) is 18.8 Å². The Morgan fingerprint density at radius 3 is 2.78 bits per heavy atom. The highest BCUT2D eigenvalue weighted by molar-refractivity contribution is 6.05. The largest absolute Gasteiger partial charge is 0.493 e. The van der Waals surface area contributed by atoms with E-state index in [4.69, 9.17) is 14.2 Å². The molecule has 2 aliphatic heterocycles. The van der Waals surface area contributed by atoms with Gasteiger partial charge in [0.25, 0.3) is 5.91 Å². The lowest BCUT2D eigenvalue weighted by Crippen LogP contribution is -2.44.